The molecule has 1 aromatic rings. The number of pyridine rings is 1. The van der Waals surface area contributed by atoms with Crippen LogP contribution in [-0.2, 0) is 0 Å². The van der Waals surface area contributed by atoms with E-state index >= 15 is 0 Å². The first-order valence-electron chi connectivity index (χ1n) is 2.69. The van der Waals surface area contributed by atoms with Crippen molar-refractivity contribution in [1.82, 2.24) is 4.98 Å². The van der Waals surface area contributed by atoms with E-state index in [-0.39, 0.29) is 0 Å². The van der Waals surface area contributed by atoms with Crippen LogP contribution in [0.25, 0.3) is 0 Å². The van der Waals surface area contributed by atoms with Crippen molar-refractivity contribution in [2.45, 2.75) is 5.03 Å². The quantitative estimate of drug-likeness (QED) is 0.624. The van der Waals surface area contributed by atoms with E-state index in [2.05, 4.69) is 27.6 Å². The molecule has 0 fully saturated rings. The fourth-order valence-electron chi connectivity index (χ4n) is 0.581. The van der Waals surface area contributed by atoms with Gasteiger partial charge >= 0.3 is 0 Å². The molecule has 10 heavy (non-hydrogen) atoms. The van der Waals surface area contributed by atoms with Crippen molar-refractivity contribution in [1.29, 1.82) is 0 Å². The van der Waals surface area contributed by atoms with E-state index < -0.39 is 0 Å². The number of hydrogen-bond donors (Lipinski definition) is 1. The normalized spacial score (nSPS) is 9.80. The van der Waals surface area contributed by atoms with Crippen molar-refractivity contribution in [2.75, 3.05) is 12.0 Å². The summed E-state index contributed by atoms with van der Waals surface area (Å²) >= 11 is 3.81. The topological polar surface area (TPSA) is 38.9 Å². The van der Waals surface area contributed by atoms with Crippen LogP contribution in [0.5, 0.6) is 0 Å². The van der Waals surface area contributed by atoms with Crippen LogP contribution in [-0.4, -0.2) is 11.2 Å². The number of nitrogens with two attached hydrogens (primary N) is 1. The van der Waals surface area contributed by atoms with Crippen molar-refractivity contribution in [3.8, 4) is 0 Å². The molecule has 0 atom stereocenters. The molecule has 4 heteroatoms. The second-order valence-corrected chi connectivity index (χ2v) is 3.60. The molecule has 0 bridgehead atoms. The maximum Gasteiger partial charge on any atom is 0.111 e. The monoisotopic (exact) mass is 266 g/mol. The van der Waals surface area contributed by atoms with Crippen molar-refractivity contribution in [3.05, 3.63) is 15.8 Å². The second-order valence-electron chi connectivity index (χ2n) is 1.72. The van der Waals surface area contributed by atoms with Gasteiger partial charge in [-0.15, -0.1) is 11.8 Å². The molecule has 2 nitrogen and oxygen atoms in total. The summed E-state index contributed by atoms with van der Waals surface area (Å²) in [6, 6.07) is 1.81. The molecule has 1 rings (SSSR count). The van der Waals surface area contributed by atoms with Crippen LogP contribution >= 0.6 is 34.4 Å². The molecule has 0 aromatic carbocycles. The van der Waals surface area contributed by atoms with Crippen LogP contribution in [0.15, 0.2) is 17.3 Å². The predicted octanol–water partition coefficient (Wildman–Crippen LogP) is 1.99. The number of hydrogen-bond acceptors (Lipinski definition) is 3. The van der Waals surface area contributed by atoms with E-state index in [0.29, 0.717) is 0 Å². The molecule has 54 valence electrons. The van der Waals surface area contributed by atoms with Gasteiger partial charge in [-0.1, -0.05) is 0 Å². The molecule has 0 spiro atoms. The van der Waals surface area contributed by atoms with Gasteiger partial charge in [0, 0.05) is 11.9 Å². The minimum Gasteiger partial charge on any atom is -0.398 e. The third kappa shape index (κ3) is 1.54. The van der Waals surface area contributed by atoms with Crippen molar-refractivity contribution < 1.29 is 0 Å². The Hall–Kier alpha value is 0.0300. The smallest absolute Gasteiger partial charge is 0.111 e. The largest absolute Gasteiger partial charge is 0.398 e. The molecule has 1 heterocycles. The molecule has 0 aliphatic rings. The summed E-state index contributed by atoms with van der Waals surface area (Å²) in [7, 11) is 0. The van der Waals surface area contributed by atoms with E-state index in [9.17, 15) is 0 Å². The lowest BCUT2D eigenvalue weighted by Crippen LogP contribution is -1.92. The zero-order valence-electron chi connectivity index (χ0n) is 5.47. The lowest BCUT2D eigenvalue weighted by atomic mass is 10.4. The highest BCUT2D eigenvalue weighted by molar-refractivity contribution is 14.1. The summed E-state index contributed by atoms with van der Waals surface area (Å²) in [6.45, 7) is 0. The minimum atomic E-state index is 0.806. The summed E-state index contributed by atoms with van der Waals surface area (Å²) in [5, 5.41) is 1.00. The molecule has 0 saturated heterocycles. The number of anilines is 1. The third-order valence-electron chi connectivity index (χ3n) is 1.08. The summed E-state index contributed by atoms with van der Waals surface area (Å²) in [5.41, 5.74) is 6.44. The minimum absolute atomic E-state index is 0.806. The fraction of sp³-hybridized carbons (Fsp3) is 0.167. The molecule has 0 amide bonds. The van der Waals surface area contributed by atoms with Gasteiger partial charge in [-0.2, -0.15) is 0 Å². The zero-order chi connectivity index (χ0) is 7.56. The van der Waals surface area contributed by atoms with E-state index in [1.54, 1.807) is 18.0 Å². The van der Waals surface area contributed by atoms with Gasteiger partial charge in [-0.05, 0) is 34.9 Å². The van der Waals surface area contributed by atoms with Gasteiger partial charge in [-0.25, -0.2) is 4.98 Å². The van der Waals surface area contributed by atoms with Crippen LogP contribution in [0.3, 0.4) is 0 Å². The Bertz CT molecular complexity index is 239. The molecule has 2 N–H and O–H groups in total. The molecular formula is C6H7IN2S. The number of thioether (sulfide) groups is 1. The van der Waals surface area contributed by atoms with Gasteiger partial charge in [0.05, 0.1) is 3.57 Å². The van der Waals surface area contributed by atoms with Gasteiger partial charge < -0.3 is 5.73 Å². The van der Waals surface area contributed by atoms with Gasteiger partial charge in [0.15, 0.2) is 0 Å². The fourth-order valence-corrected chi connectivity index (χ4v) is 2.02. The zero-order valence-corrected chi connectivity index (χ0v) is 8.44. The summed E-state index contributed by atoms with van der Waals surface area (Å²) < 4.78 is 1.05. The first-order chi connectivity index (χ1) is 4.75. The Morgan fingerprint density at radius 2 is 2.40 bits per heavy atom. The molecule has 0 aliphatic heterocycles. The van der Waals surface area contributed by atoms with Crippen LogP contribution in [0.4, 0.5) is 5.69 Å². The Labute approximate surface area is 77.7 Å². The number of halogens is 1. The maximum absolute atomic E-state index is 5.64. The molecule has 0 saturated carbocycles. The lowest BCUT2D eigenvalue weighted by Gasteiger charge is -2.00. The highest BCUT2D eigenvalue weighted by Gasteiger charge is 2.00. The van der Waals surface area contributed by atoms with Crippen molar-refractivity contribution >= 4 is 40.0 Å². The van der Waals surface area contributed by atoms with Crippen LogP contribution < -0.4 is 5.73 Å². The summed E-state index contributed by atoms with van der Waals surface area (Å²) in [4.78, 5) is 4.13. The van der Waals surface area contributed by atoms with Crippen LogP contribution in [0, 0.1) is 3.57 Å². The highest BCUT2D eigenvalue weighted by atomic mass is 127. The first-order valence-corrected chi connectivity index (χ1v) is 5.00. The predicted molar refractivity (Wildman–Crippen MR) is 53.1 cm³/mol. The number of rotatable bonds is 1. The maximum atomic E-state index is 5.64. The van der Waals surface area contributed by atoms with Gasteiger partial charge in [0.25, 0.3) is 0 Å². The Kier molecular flexibility index (Phi) is 2.79. The molecule has 1 aromatic heterocycles. The average molecular weight is 266 g/mol. The molecular weight excluding hydrogens is 259 g/mol. The number of nitrogen functional groups attached to an aromatic ring is 1. The second kappa shape index (κ2) is 3.43. The van der Waals surface area contributed by atoms with Crippen LogP contribution in [0.1, 0.15) is 0 Å². The van der Waals surface area contributed by atoms with Gasteiger partial charge in [0.1, 0.15) is 5.03 Å². The average Bonchev–Trinajstić information content (AvgIpc) is 1.95. The highest BCUT2D eigenvalue weighted by Crippen LogP contribution is 2.23. The van der Waals surface area contributed by atoms with E-state index in [1.165, 1.54) is 0 Å². The standard InChI is InChI=1S/C6H7IN2S/c1-10-6-5(7)4(8)2-3-9-6/h2-3H,1H3,(H2,8,9). The third-order valence-corrected chi connectivity index (χ3v) is 3.28. The van der Waals surface area contributed by atoms with Crippen molar-refractivity contribution in [3.63, 3.8) is 0 Å². The van der Waals surface area contributed by atoms with E-state index in [1.807, 2.05) is 12.3 Å². The molecule has 0 aliphatic carbocycles. The Morgan fingerprint density at radius 1 is 1.70 bits per heavy atom. The first kappa shape index (κ1) is 8.13. The van der Waals surface area contributed by atoms with Crippen LogP contribution in [0.2, 0.25) is 0 Å². The molecule has 0 unspecified atom stereocenters. The van der Waals surface area contributed by atoms with E-state index in [0.717, 1.165) is 14.3 Å². The lowest BCUT2D eigenvalue weighted by molar-refractivity contribution is 1.12. The number of nitrogens with zero attached hydrogens (tertiary/aromatic N) is 1. The SMILES string of the molecule is CSc1nccc(N)c1I. The molecule has 0 radical (unpaired) electrons. The van der Waals surface area contributed by atoms with Gasteiger partial charge in [0.2, 0.25) is 0 Å². The Morgan fingerprint density at radius 3 is 2.90 bits per heavy atom. The van der Waals surface area contributed by atoms with E-state index in [4.69, 9.17) is 5.73 Å². The number of aromatic nitrogens is 1. The van der Waals surface area contributed by atoms with Crippen molar-refractivity contribution in [2.24, 2.45) is 0 Å². The van der Waals surface area contributed by atoms with Gasteiger partial charge in [-0.3, -0.25) is 0 Å². The Balaban J connectivity index is 3.14. The summed E-state index contributed by atoms with van der Waals surface area (Å²) in [5.74, 6) is 0. The summed E-state index contributed by atoms with van der Waals surface area (Å²) in [6.07, 6.45) is 3.72.